The minimum absolute atomic E-state index is 0.142. The first kappa shape index (κ1) is 20.6. The SMILES string of the molecule is COCC[C@H](C)CCS(=O)(=O)N1CCC(c2nc3cc(Cl)ccc3o2)CC1. The molecule has 2 aromatic rings. The molecule has 150 valence electrons. The van der Waals surface area contributed by atoms with Crippen molar-refractivity contribution in [1.82, 2.24) is 9.29 Å². The van der Waals surface area contributed by atoms with Gasteiger partial charge in [0.25, 0.3) is 0 Å². The second kappa shape index (κ2) is 8.90. The molecule has 0 saturated carbocycles. The summed E-state index contributed by atoms with van der Waals surface area (Å²) in [6.45, 7) is 3.76. The molecule has 0 radical (unpaired) electrons. The number of fused-ring (bicyclic) bond motifs is 1. The van der Waals surface area contributed by atoms with Crippen molar-refractivity contribution in [1.29, 1.82) is 0 Å². The first-order valence-electron chi connectivity index (χ1n) is 9.42. The number of nitrogens with zero attached hydrogens (tertiary/aromatic N) is 2. The molecular weight excluding hydrogens is 388 g/mol. The quantitative estimate of drug-likeness (QED) is 0.651. The van der Waals surface area contributed by atoms with Gasteiger partial charge in [-0.25, -0.2) is 17.7 Å². The third-order valence-electron chi connectivity index (χ3n) is 5.25. The number of halogens is 1. The summed E-state index contributed by atoms with van der Waals surface area (Å²) in [7, 11) is -1.55. The van der Waals surface area contributed by atoms with Crippen LogP contribution in [0.1, 0.15) is 44.4 Å². The maximum Gasteiger partial charge on any atom is 0.214 e. The third-order valence-corrected chi connectivity index (χ3v) is 7.38. The third kappa shape index (κ3) is 5.22. The summed E-state index contributed by atoms with van der Waals surface area (Å²) < 4.78 is 37.8. The Balaban J connectivity index is 1.55. The van der Waals surface area contributed by atoms with Crippen LogP contribution in [0.15, 0.2) is 22.6 Å². The smallest absolute Gasteiger partial charge is 0.214 e. The molecule has 0 N–H and O–H groups in total. The fraction of sp³-hybridized carbons (Fsp3) is 0.632. The zero-order chi connectivity index (χ0) is 19.4. The maximum atomic E-state index is 12.6. The van der Waals surface area contributed by atoms with E-state index in [0.717, 1.165) is 30.4 Å². The minimum Gasteiger partial charge on any atom is -0.440 e. The Morgan fingerprint density at radius 2 is 2.07 bits per heavy atom. The number of hydrogen-bond acceptors (Lipinski definition) is 5. The summed E-state index contributed by atoms with van der Waals surface area (Å²) in [6, 6.07) is 5.38. The van der Waals surface area contributed by atoms with Crippen LogP contribution in [0.25, 0.3) is 11.1 Å². The molecule has 1 aliphatic rings. The molecule has 1 aliphatic heterocycles. The summed E-state index contributed by atoms with van der Waals surface area (Å²) in [6.07, 6.45) is 2.99. The van der Waals surface area contributed by atoms with Crippen LogP contribution < -0.4 is 0 Å². The topological polar surface area (TPSA) is 72.6 Å². The number of benzene rings is 1. The van der Waals surface area contributed by atoms with Gasteiger partial charge in [0.15, 0.2) is 11.5 Å². The highest BCUT2D eigenvalue weighted by molar-refractivity contribution is 7.89. The van der Waals surface area contributed by atoms with Crippen molar-refractivity contribution in [3.05, 3.63) is 29.1 Å². The monoisotopic (exact) mass is 414 g/mol. The summed E-state index contributed by atoms with van der Waals surface area (Å²) in [5, 5.41) is 0.628. The van der Waals surface area contributed by atoms with E-state index >= 15 is 0 Å². The van der Waals surface area contributed by atoms with Crippen molar-refractivity contribution in [2.45, 2.75) is 38.5 Å². The van der Waals surface area contributed by atoms with Crippen LogP contribution in [0.5, 0.6) is 0 Å². The van der Waals surface area contributed by atoms with Crippen molar-refractivity contribution in [2.75, 3.05) is 32.6 Å². The van der Waals surface area contributed by atoms with Gasteiger partial charge in [-0.15, -0.1) is 0 Å². The fourth-order valence-corrected chi connectivity index (χ4v) is 5.31. The first-order chi connectivity index (χ1) is 12.9. The summed E-state index contributed by atoms with van der Waals surface area (Å²) in [5.74, 6) is 1.36. The number of sulfonamides is 1. The Morgan fingerprint density at radius 3 is 2.78 bits per heavy atom. The molecule has 1 aromatic carbocycles. The molecule has 8 heteroatoms. The second-order valence-electron chi connectivity index (χ2n) is 7.33. The van der Waals surface area contributed by atoms with Crippen molar-refractivity contribution in [2.24, 2.45) is 5.92 Å². The van der Waals surface area contributed by atoms with E-state index in [1.807, 2.05) is 6.07 Å². The van der Waals surface area contributed by atoms with Crippen LogP contribution in [0.3, 0.4) is 0 Å². The molecule has 6 nitrogen and oxygen atoms in total. The molecule has 3 rings (SSSR count). The lowest BCUT2D eigenvalue weighted by Gasteiger charge is -2.30. The number of methoxy groups -OCH3 is 1. The van der Waals surface area contributed by atoms with Gasteiger partial charge >= 0.3 is 0 Å². The lowest BCUT2D eigenvalue weighted by Crippen LogP contribution is -2.39. The molecule has 27 heavy (non-hydrogen) atoms. The van der Waals surface area contributed by atoms with Crippen LogP contribution in [0, 0.1) is 5.92 Å². The largest absolute Gasteiger partial charge is 0.440 e. The molecule has 1 atom stereocenters. The zero-order valence-corrected chi connectivity index (χ0v) is 17.4. The van der Waals surface area contributed by atoms with Gasteiger partial charge in [0, 0.05) is 37.7 Å². The van der Waals surface area contributed by atoms with Crippen LogP contribution in [0.4, 0.5) is 0 Å². The van der Waals surface area contributed by atoms with Crippen molar-refractivity contribution in [3.8, 4) is 0 Å². The number of oxazole rings is 1. The average Bonchev–Trinajstić information content (AvgIpc) is 3.08. The van der Waals surface area contributed by atoms with Gasteiger partial charge in [-0.05, 0) is 49.8 Å². The summed E-state index contributed by atoms with van der Waals surface area (Å²) in [5.41, 5.74) is 1.46. The van der Waals surface area contributed by atoms with E-state index in [1.165, 1.54) is 0 Å². The van der Waals surface area contributed by atoms with E-state index in [0.29, 0.717) is 42.9 Å². The number of piperidine rings is 1. The lowest BCUT2D eigenvalue weighted by atomic mass is 9.98. The molecule has 2 heterocycles. The summed E-state index contributed by atoms with van der Waals surface area (Å²) >= 11 is 6.00. The number of ether oxygens (including phenoxy) is 1. The minimum atomic E-state index is -3.22. The molecule has 0 aliphatic carbocycles. The second-order valence-corrected chi connectivity index (χ2v) is 9.85. The molecule has 1 aromatic heterocycles. The van der Waals surface area contributed by atoms with Crippen molar-refractivity contribution < 1.29 is 17.6 Å². The Kier molecular flexibility index (Phi) is 6.78. The zero-order valence-electron chi connectivity index (χ0n) is 15.9. The highest BCUT2D eigenvalue weighted by Crippen LogP contribution is 2.31. The average molecular weight is 415 g/mol. The van der Waals surface area contributed by atoms with E-state index in [9.17, 15) is 8.42 Å². The summed E-state index contributed by atoms with van der Waals surface area (Å²) in [4.78, 5) is 4.54. The molecule has 0 bridgehead atoms. The highest BCUT2D eigenvalue weighted by Gasteiger charge is 2.30. The predicted molar refractivity (Wildman–Crippen MR) is 107 cm³/mol. The molecule has 1 fully saturated rings. The number of hydrogen-bond donors (Lipinski definition) is 0. The van der Waals surface area contributed by atoms with Crippen molar-refractivity contribution >= 4 is 32.7 Å². The molecule has 0 unspecified atom stereocenters. The Hall–Kier alpha value is -1.15. The number of rotatable bonds is 8. The van der Waals surface area contributed by atoms with Gasteiger partial charge in [0.2, 0.25) is 10.0 Å². The van der Waals surface area contributed by atoms with E-state index in [2.05, 4.69) is 11.9 Å². The van der Waals surface area contributed by atoms with Crippen molar-refractivity contribution in [3.63, 3.8) is 0 Å². The number of aromatic nitrogens is 1. The van der Waals surface area contributed by atoms with Gasteiger partial charge in [-0.2, -0.15) is 0 Å². The lowest BCUT2D eigenvalue weighted by molar-refractivity contribution is 0.179. The van der Waals surface area contributed by atoms with Gasteiger partial charge < -0.3 is 9.15 Å². The van der Waals surface area contributed by atoms with Gasteiger partial charge in [-0.3, -0.25) is 0 Å². The highest BCUT2D eigenvalue weighted by atomic mass is 35.5. The van der Waals surface area contributed by atoms with Crippen LogP contribution >= 0.6 is 11.6 Å². The fourth-order valence-electron chi connectivity index (χ4n) is 3.42. The van der Waals surface area contributed by atoms with E-state index in [4.69, 9.17) is 20.8 Å². The van der Waals surface area contributed by atoms with Crippen LogP contribution in [-0.2, 0) is 14.8 Å². The molecule has 0 spiro atoms. The normalized spacial score (nSPS) is 18.2. The van der Waals surface area contributed by atoms with Crippen LogP contribution in [0.2, 0.25) is 5.02 Å². The predicted octanol–water partition coefficient (Wildman–Crippen LogP) is 4.05. The Morgan fingerprint density at radius 1 is 1.33 bits per heavy atom. The maximum absolute atomic E-state index is 12.6. The van der Waals surface area contributed by atoms with E-state index in [1.54, 1.807) is 23.5 Å². The standard InChI is InChI=1S/C19H27ClN2O4S/c1-14(7-11-25-2)8-12-27(23,24)22-9-5-15(6-10-22)19-21-17-13-16(20)3-4-18(17)26-19/h3-4,13-15H,5-12H2,1-2H3/t14-/m0/s1. The first-order valence-corrected chi connectivity index (χ1v) is 11.4. The van der Waals surface area contributed by atoms with Gasteiger partial charge in [0.05, 0.1) is 5.75 Å². The van der Waals surface area contributed by atoms with E-state index in [-0.39, 0.29) is 11.7 Å². The van der Waals surface area contributed by atoms with Gasteiger partial charge in [-0.1, -0.05) is 18.5 Å². The van der Waals surface area contributed by atoms with E-state index < -0.39 is 10.0 Å². The van der Waals surface area contributed by atoms with Crippen LogP contribution in [-0.4, -0.2) is 50.3 Å². The molecule has 1 saturated heterocycles. The Labute approximate surface area is 165 Å². The Bertz CT molecular complexity index is 860. The molecular formula is C19H27ClN2O4S. The molecule has 0 amide bonds. The van der Waals surface area contributed by atoms with Gasteiger partial charge in [0.1, 0.15) is 5.52 Å².